The van der Waals surface area contributed by atoms with Gasteiger partial charge in [-0.2, -0.15) is 0 Å². The van der Waals surface area contributed by atoms with Gasteiger partial charge in [0.2, 0.25) is 0 Å². The van der Waals surface area contributed by atoms with Crippen LogP contribution >= 0.6 is 0 Å². The molecule has 0 heterocycles. The highest BCUT2D eigenvalue weighted by molar-refractivity contribution is 5.91. The third-order valence-electron chi connectivity index (χ3n) is 2.92. The number of carbonyl (C=O) groups excluding carboxylic acids is 1. The van der Waals surface area contributed by atoms with E-state index in [0.717, 1.165) is 11.3 Å². The Bertz CT molecular complexity index is 439. The Kier molecular flexibility index (Phi) is 2.79. The first-order valence-electron chi connectivity index (χ1n) is 5.27. The smallest absolute Gasteiger partial charge is 0.157 e. The fourth-order valence-electron chi connectivity index (χ4n) is 2.00. The van der Waals surface area contributed by atoms with Crippen LogP contribution in [0.3, 0.4) is 0 Å². The summed E-state index contributed by atoms with van der Waals surface area (Å²) < 4.78 is 5.16. The van der Waals surface area contributed by atoms with Gasteiger partial charge in [0.15, 0.2) is 5.78 Å². The molecule has 0 unspecified atom stereocenters. The molecule has 0 aromatic heterocycles. The van der Waals surface area contributed by atoms with E-state index in [9.17, 15) is 4.79 Å². The van der Waals surface area contributed by atoms with E-state index >= 15 is 0 Å². The molecule has 16 heavy (non-hydrogen) atoms. The largest absolute Gasteiger partial charge is 0.497 e. The predicted molar refractivity (Wildman–Crippen MR) is 62.2 cm³/mol. The molecule has 1 aliphatic carbocycles. The second-order valence-electron chi connectivity index (χ2n) is 4.14. The fraction of sp³-hybridized carbons (Fsp3) is 0.308. The van der Waals surface area contributed by atoms with Gasteiger partial charge in [0.05, 0.1) is 12.6 Å². The first kappa shape index (κ1) is 10.9. The van der Waals surface area contributed by atoms with Crippen LogP contribution < -0.4 is 10.5 Å². The molecule has 0 radical (unpaired) electrons. The van der Waals surface area contributed by atoms with Crippen molar-refractivity contribution in [3.8, 4) is 5.75 Å². The Morgan fingerprint density at radius 2 is 2.25 bits per heavy atom. The van der Waals surface area contributed by atoms with E-state index in [1.54, 1.807) is 13.2 Å². The number of rotatable bonds is 2. The van der Waals surface area contributed by atoms with Gasteiger partial charge in [-0.25, -0.2) is 0 Å². The molecule has 1 aromatic rings. The van der Waals surface area contributed by atoms with Crippen LogP contribution in [0.4, 0.5) is 0 Å². The van der Waals surface area contributed by atoms with E-state index < -0.39 is 5.54 Å². The van der Waals surface area contributed by atoms with E-state index in [1.807, 2.05) is 30.3 Å². The zero-order chi connectivity index (χ0) is 11.6. The second-order valence-corrected chi connectivity index (χ2v) is 4.14. The number of hydrogen-bond acceptors (Lipinski definition) is 3. The summed E-state index contributed by atoms with van der Waals surface area (Å²) in [6, 6.07) is 7.60. The molecule has 0 amide bonds. The molecular formula is C13H15NO2. The maximum atomic E-state index is 11.4. The van der Waals surface area contributed by atoms with Gasteiger partial charge in [-0.1, -0.05) is 18.2 Å². The van der Waals surface area contributed by atoms with Gasteiger partial charge in [-0.05, 0) is 30.2 Å². The number of benzene rings is 1. The lowest BCUT2D eigenvalue weighted by Gasteiger charge is -2.30. The quantitative estimate of drug-likeness (QED) is 0.821. The maximum absolute atomic E-state index is 11.4. The molecule has 2 rings (SSSR count). The van der Waals surface area contributed by atoms with Crippen LogP contribution in [0.2, 0.25) is 0 Å². The van der Waals surface area contributed by atoms with Crippen molar-refractivity contribution in [2.24, 2.45) is 5.73 Å². The van der Waals surface area contributed by atoms with Gasteiger partial charge in [0, 0.05) is 6.42 Å². The van der Waals surface area contributed by atoms with Gasteiger partial charge in [-0.3, -0.25) is 4.79 Å². The summed E-state index contributed by atoms with van der Waals surface area (Å²) in [5, 5.41) is 0. The summed E-state index contributed by atoms with van der Waals surface area (Å²) in [6.07, 6.45) is 4.49. The van der Waals surface area contributed by atoms with Gasteiger partial charge in [0.1, 0.15) is 5.75 Å². The number of ether oxygens (including phenoxy) is 1. The summed E-state index contributed by atoms with van der Waals surface area (Å²) in [6.45, 7) is 0. The SMILES string of the molecule is COc1cccc([C@@]2(N)CC=CC(=O)C2)c1. The molecule has 0 aliphatic heterocycles. The normalized spacial score (nSPS) is 24.5. The Morgan fingerprint density at radius 1 is 1.44 bits per heavy atom. The number of hydrogen-bond donors (Lipinski definition) is 1. The summed E-state index contributed by atoms with van der Waals surface area (Å²) in [4.78, 5) is 11.4. The minimum atomic E-state index is -0.583. The van der Waals surface area contributed by atoms with Crippen LogP contribution in [-0.2, 0) is 10.3 Å². The lowest BCUT2D eigenvalue weighted by Crippen LogP contribution is -2.39. The fourth-order valence-corrected chi connectivity index (χ4v) is 2.00. The van der Waals surface area contributed by atoms with Gasteiger partial charge in [-0.15, -0.1) is 0 Å². The molecule has 0 saturated carbocycles. The molecule has 1 atom stereocenters. The summed E-state index contributed by atoms with van der Waals surface area (Å²) in [7, 11) is 1.62. The van der Waals surface area contributed by atoms with Gasteiger partial charge < -0.3 is 10.5 Å². The molecule has 0 spiro atoms. The van der Waals surface area contributed by atoms with Crippen molar-refractivity contribution in [2.45, 2.75) is 18.4 Å². The first-order chi connectivity index (χ1) is 7.64. The number of allylic oxidation sites excluding steroid dienone is 1. The average molecular weight is 217 g/mol. The van der Waals surface area contributed by atoms with E-state index in [0.29, 0.717) is 12.8 Å². The maximum Gasteiger partial charge on any atom is 0.157 e. The van der Waals surface area contributed by atoms with Crippen LogP contribution in [-0.4, -0.2) is 12.9 Å². The lowest BCUT2D eigenvalue weighted by molar-refractivity contribution is -0.116. The number of methoxy groups -OCH3 is 1. The molecule has 1 aliphatic rings. The molecule has 3 heteroatoms. The Labute approximate surface area is 94.9 Å². The van der Waals surface area contributed by atoms with Gasteiger partial charge in [0.25, 0.3) is 0 Å². The lowest BCUT2D eigenvalue weighted by atomic mass is 9.80. The summed E-state index contributed by atoms with van der Waals surface area (Å²) >= 11 is 0. The Morgan fingerprint density at radius 3 is 2.94 bits per heavy atom. The third-order valence-corrected chi connectivity index (χ3v) is 2.92. The minimum absolute atomic E-state index is 0.0802. The zero-order valence-corrected chi connectivity index (χ0v) is 9.27. The summed E-state index contributed by atoms with van der Waals surface area (Å²) in [5.74, 6) is 0.848. The second kappa shape index (κ2) is 4.10. The first-order valence-corrected chi connectivity index (χ1v) is 5.27. The number of carbonyl (C=O) groups is 1. The topological polar surface area (TPSA) is 52.3 Å². The van der Waals surface area contributed by atoms with Crippen molar-refractivity contribution in [3.63, 3.8) is 0 Å². The monoisotopic (exact) mass is 217 g/mol. The molecule has 0 saturated heterocycles. The standard InChI is InChI=1S/C13H15NO2/c1-16-12-6-2-4-10(8-12)13(14)7-3-5-11(15)9-13/h2-6,8H,7,9,14H2,1H3/t13-/m1/s1. The van der Waals surface area contributed by atoms with Crippen LogP contribution in [0.15, 0.2) is 36.4 Å². The highest BCUT2D eigenvalue weighted by atomic mass is 16.5. The highest BCUT2D eigenvalue weighted by Gasteiger charge is 2.31. The van der Waals surface area contributed by atoms with Gasteiger partial charge >= 0.3 is 0 Å². The van der Waals surface area contributed by atoms with Crippen LogP contribution in [0.5, 0.6) is 5.75 Å². The molecule has 3 nitrogen and oxygen atoms in total. The van der Waals surface area contributed by atoms with Crippen LogP contribution in [0.25, 0.3) is 0 Å². The third kappa shape index (κ3) is 1.99. The van der Waals surface area contributed by atoms with E-state index in [2.05, 4.69) is 0 Å². The molecular weight excluding hydrogens is 202 g/mol. The highest BCUT2D eigenvalue weighted by Crippen LogP contribution is 2.31. The molecule has 2 N–H and O–H groups in total. The molecule has 84 valence electrons. The van der Waals surface area contributed by atoms with Crippen molar-refractivity contribution in [3.05, 3.63) is 42.0 Å². The van der Waals surface area contributed by atoms with Crippen molar-refractivity contribution < 1.29 is 9.53 Å². The van der Waals surface area contributed by atoms with Crippen molar-refractivity contribution in [1.29, 1.82) is 0 Å². The minimum Gasteiger partial charge on any atom is -0.497 e. The van der Waals surface area contributed by atoms with E-state index in [4.69, 9.17) is 10.5 Å². The van der Waals surface area contributed by atoms with E-state index in [1.165, 1.54) is 0 Å². The van der Waals surface area contributed by atoms with Crippen molar-refractivity contribution in [1.82, 2.24) is 0 Å². The van der Waals surface area contributed by atoms with Crippen LogP contribution in [0, 0.1) is 0 Å². The van der Waals surface area contributed by atoms with E-state index in [-0.39, 0.29) is 5.78 Å². The Balaban J connectivity index is 2.35. The zero-order valence-electron chi connectivity index (χ0n) is 9.27. The van der Waals surface area contributed by atoms with Crippen LogP contribution in [0.1, 0.15) is 18.4 Å². The molecule has 1 aromatic carbocycles. The summed E-state index contributed by atoms with van der Waals surface area (Å²) in [5.41, 5.74) is 6.63. The molecule has 0 fully saturated rings. The molecule has 0 bridgehead atoms. The number of nitrogens with two attached hydrogens (primary N) is 1. The average Bonchev–Trinajstić information content (AvgIpc) is 2.29. The van der Waals surface area contributed by atoms with Crippen molar-refractivity contribution in [2.75, 3.05) is 7.11 Å². The predicted octanol–water partition coefficient (Wildman–Crippen LogP) is 1.77. The van der Waals surface area contributed by atoms with Crippen molar-refractivity contribution >= 4 is 5.78 Å². The Hall–Kier alpha value is -1.61. The number of ketones is 1.